The average Bonchev–Trinajstić information content (AvgIpc) is 2.41. The summed E-state index contributed by atoms with van der Waals surface area (Å²) in [5.74, 6) is 0. The lowest BCUT2D eigenvalue weighted by atomic mass is 10.2. The molecule has 0 atom stereocenters. The molecule has 0 fully saturated rings. The normalized spacial score (nSPS) is 10.5. The molecule has 0 bridgehead atoms. The zero-order valence-electron chi connectivity index (χ0n) is 10.6. The highest BCUT2D eigenvalue weighted by Gasteiger charge is 2.00. The van der Waals surface area contributed by atoms with E-state index < -0.39 is 0 Å². The molecule has 0 aliphatic carbocycles. The maximum absolute atomic E-state index is 5.99. The minimum atomic E-state index is 0.576. The van der Waals surface area contributed by atoms with Crippen LogP contribution in [0.3, 0.4) is 0 Å². The molecule has 0 spiro atoms. The molecule has 19 heavy (non-hydrogen) atoms. The van der Waals surface area contributed by atoms with Gasteiger partial charge in [0.05, 0.1) is 16.7 Å². The van der Waals surface area contributed by atoms with Gasteiger partial charge in [0.25, 0.3) is 0 Å². The third kappa shape index (κ3) is 4.13. The van der Waals surface area contributed by atoms with Crippen LogP contribution in [0, 0.1) is 0 Å². The van der Waals surface area contributed by atoms with Crippen LogP contribution in [-0.4, -0.2) is 7.11 Å². The second-order valence-corrected chi connectivity index (χ2v) is 5.05. The van der Waals surface area contributed by atoms with E-state index in [9.17, 15) is 0 Å². The predicted molar refractivity (Wildman–Crippen MR) is 80.9 cm³/mol. The molecule has 2 nitrogen and oxygen atoms in total. The van der Waals surface area contributed by atoms with Crippen molar-refractivity contribution in [3.05, 3.63) is 63.6 Å². The van der Waals surface area contributed by atoms with Gasteiger partial charge in [-0.2, -0.15) is 0 Å². The van der Waals surface area contributed by atoms with E-state index in [-0.39, 0.29) is 0 Å². The van der Waals surface area contributed by atoms with Crippen molar-refractivity contribution in [1.29, 1.82) is 0 Å². The van der Waals surface area contributed by atoms with Gasteiger partial charge in [0.2, 0.25) is 0 Å². The van der Waals surface area contributed by atoms with Gasteiger partial charge in [0, 0.05) is 19.3 Å². The Bertz CT molecular complexity index is 558. The first-order valence-corrected chi connectivity index (χ1v) is 6.70. The van der Waals surface area contributed by atoms with E-state index in [1.165, 1.54) is 0 Å². The first-order valence-electron chi connectivity index (χ1n) is 5.94. The van der Waals surface area contributed by atoms with Gasteiger partial charge in [-0.25, -0.2) is 0 Å². The molecule has 1 N–H and O–H groups in total. The fourth-order valence-electron chi connectivity index (χ4n) is 1.79. The van der Waals surface area contributed by atoms with Crippen LogP contribution < -0.4 is 5.32 Å². The number of ether oxygens (including phenoxy) is 1. The van der Waals surface area contributed by atoms with Crippen molar-refractivity contribution in [1.82, 2.24) is 0 Å². The Morgan fingerprint density at radius 3 is 2.58 bits per heavy atom. The standard InChI is InChI=1S/C15H15Cl2NO/c1-19-10-12-3-2-4-13(7-12)18-9-11-5-6-14(16)15(17)8-11/h2-8,18H,9-10H2,1H3. The molecular formula is C15H15Cl2NO. The van der Waals surface area contributed by atoms with Crippen molar-refractivity contribution in [2.24, 2.45) is 0 Å². The summed E-state index contributed by atoms with van der Waals surface area (Å²) in [4.78, 5) is 0. The van der Waals surface area contributed by atoms with Gasteiger partial charge >= 0.3 is 0 Å². The fourth-order valence-corrected chi connectivity index (χ4v) is 2.11. The lowest BCUT2D eigenvalue weighted by molar-refractivity contribution is 0.185. The van der Waals surface area contributed by atoms with Crippen LogP contribution in [-0.2, 0) is 17.9 Å². The minimum Gasteiger partial charge on any atom is -0.381 e. The number of halogens is 2. The number of hydrogen-bond donors (Lipinski definition) is 1. The van der Waals surface area contributed by atoms with Gasteiger partial charge < -0.3 is 10.1 Å². The third-order valence-electron chi connectivity index (χ3n) is 2.72. The van der Waals surface area contributed by atoms with Crippen molar-refractivity contribution in [2.45, 2.75) is 13.2 Å². The van der Waals surface area contributed by atoms with E-state index in [0.29, 0.717) is 23.2 Å². The van der Waals surface area contributed by atoms with Crippen molar-refractivity contribution >= 4 is 28.9 Å². The highest BCUT2D eigenvalue weighted by atomic mass is 35.5. The Morgan fingerprint density at radius 1 is 1.00 bits per heavy atom. The number of nitrogens with one attached hydrogen (secondary N) is 1. The van der Waals surface area contributed by atoms with Crippen molar-refractivity contribution in [3.63, 3.8) is 0 Å². The van der Waals surface area contributed by atoms with Gasteiger partial charge in [0.15, 0.2) is 0 Å². The largest absolute Gasteiger partial charge is 0.381 e. The van der Waals surface area contributed by atoms with Crippen LogP contribution in [0.4, 0.5) is 5.69 Å². The van der Waals surface area contributed by atoms with E-state index in [2.05, 4.69) is 11.4 Å². The Morgan fingerprint density at radius 2 is 1.84 bits per heavy atom. The Labute approximate surface area is 123 Å². The molecule has 0 aromatic heterocycles. The van der Waals surface area contributed by atoms with Crippen LogP contribution in [0.2, 0.25) is 10.0 Å². The Hall–Kier alpha value is -1.22. The van der Waals surface area contributed by atoms with Crippen LogP contribution in [0.25, 0.3) is 0 Å². The molecule has 0 radical (unpaired) electrons. The van der Waals surface area contributed by atoms with Gasteiger partial charge in [0.1, 0.15) is 0 Å². The monoisotopic (exact) mass is 295 g/mol. The molecule has 0 unspecified atom stereocenters. The molecule has 0 heterocycles. The topological polar surface area (TPSA) is 21.3 Å². The summed E-state index contributed by atoms with van der Waals surface area (Å²) in [6, 6.07) is 13.8. The highest BCUT2D eigenvalue weighted by Crippen LogP contribution is 2.23. The number of hydrogen-bond acceptors (Lipinski definition) is 2. The van der Waals surface area contributed by atoms with Crippen molar-refractivity contribution < 1.29 is 4.74 Å². The minimum absolute atomic E-state index is 0.576. The van der Waals surface area contributed by atoms with Crippen LogP contribution in [0.5, 0.6) is 0 Å². The summed E-state index contributed by atoms with van der Waals surface area (Å²) < 4.78 is 5.11. The molecule has 0 amide bonds. The molecule has 0 saturated carbocycles. The first kappa shape index (κ1) is 14.2. The maximum atomic E-state index is 5.99. The molecule has 2 aromatic rings. The van der Waals surface area contributed by atoms with E-state index in [1.54, 1.807) is 7.11 Å². The van der Waals surface area contributed by atoms with Crippen molar-refractivity contribution in [2.75, 3.05) is 12.4 Å². The molecule has 0 aliphatic heterocycles. The smallest absolute Gasteiger partial charge is 0.0713 e. The summed E-state index contributed by atoms with van der Waals surface area (Å²) in [5.41, 5.74) is 3.29. The summed E-state index contributed by atoms with van der Waals surface area (Å²) >= 11 is 11.9. The highest BCUT2D eigenvalue weighted by molar-refractivity contribution is 6.42. The second kappa shape index (κ2) is 6.80. The molecule has 2 rings (SSSR count). The van der Waals surface area contributed by atoms with E-state index in [4.69, 9.17) is 27.9 Å². The second-order valence-electron chi connectivity index (χ2n) is 4.24. The summed E-state index contributed by atoms with van der Waals surface area (Å²) in [6.07, 6.45) is 0. The summed E-state index contributed by atoms with van der Waals surface area (Å²) in [5, 5.41) is 4.50. The molecule has 2 aromatic carbocycles. The molecule has 0 aliphatic rings. The fraction of sp³-hybridized carbons (Fsp3) is 0.200. The summed E-state index contributed by atoms with van der Waals surface area (Å²) in [7, 11) is 1.69. The van der Waals surface area contributed by atoms with Crippen LogP contribution >= 0.6 is 23.2 Å². The number of rotatable bonds is 5. The van der Waals surface area contributed by atoms with Gasteiger partial charge in [-0.3, -0.25) is 0 Å². The summed E-state index contributed by atoms with van der Waals surface area (Å²) in [6.45, 7) is 1.32. The van der Waals surface area contributed by atoms with E-state index >= 15 is 0 Å². The SMILES string of the molecule is COCc1cccc(NCc2ccc(Cl)c(Cl)c2)c1. The lowest BCUT2D eigenvalue weighted by Crippen LogP contribution is -2.00. The third-order valence-corrected chi connectivity index (χ3v) is 3.46. The van der Waals surface area contributed by atoms with Gasteiger partial charge in [-0.05, 0) is 35.4 Å². The van der Waals surface area contributed by atoms with E-state index in [0.717, 1.165) is 16.8 Å². The maximum Gasteiger partial charge on any atom is 0.0713 e. The predicted octanol–water partition coefficient (Wildman–Crippen LogP) is 4.75. The Balaban J connectivity index is 2.01. The molecule has 4 heteroatoms. The zero-order chi connectivity index (χ0) is 13.7. The lowest BCUT2D eigenvalue weighted by Gasteiger charge is -2.09. The Kier molecular flexibility index (Phi) is 5.08. The number of benzene rings is 2. The molecule has 100 valence electrons. The number of anilines is 1. The number of methoxy groups -OCH3 is 1. The molecule has 0 saturated heterocycles. The first-order chi connectivity index (χ1) is 9.19. The van der Waals surface area contributed by atoms with Crippen LogP contribution in [0.15, 0.2) is 42.5 Å². The molecular weight excluding hydrogens is 281 g/mol. The zero-order valence-corrected chi connectivity index (χ0v) is 12.1. The van der Waals surface area contributed by atoms with Gasteiger partial charge in [-0.15, -0.1) is 0 Å². The average molecular weight is 296 g/mol. The van der Waals surface area contributed by atoms with Crippen molar-refractivity contribution in [3.8, 4) is 0 Å². The quantitative estimate of drug-likeness (QED) is 0.859. The van der Waals surface area contributed by atoms with Crippen LogP contribution in [0.1, 0.15) is 11.1 Å². The van der Waals surface area contributed by atoms with Gasteiger partial charge in [-0.1, -0.05) is 41.4 Å². The van der Waals surface area contributed by atoms with E-state index in [1.807, 2.05) is 36.4 Å².